The van der Waals surface area contributed by atoms with Crippen molar-refractivity contribution in [2.75, 3.05) is 25.0 Å². The number of hydrogen-bond donors (Lipinski definition) is 2. The van der Waals surface area contributed by atoms with E-state index in [9.17, 15) is 9.59 Å². The second-order valence-corrected chi connectivity index (χ2v) is 6.18. The standard InChI is InChI=1S/C17H25N3O2.ClH/c1-12(18)15-6-4-8-20(10-15)11-17(22)19-16-7-3-5-14(9-16)13(2)21;/h3,5,7,9,12,15H,4,6,8,10-11,18H2,1-2H3,(H,19,22);1H. The van der Waals surface area contributed by atoms with Crippen LogP contribution < -0.4 is 11.1 Å². The van der Waals surface area contributed by atoms with Gasteiger partial charge in [0, 0.05) is 23.8 Å². The first-order chi connectivity index (χ1) is 10.5. The van der Waals surface area contributed by atoms with Gasteiger partial charge < -0.3 is 11.1 Å². The molecular formula is C17H26ClN3O2. The third kappa shape index (κ3) is 5.94. The summed E-state index contributed by atoms with van der Waals surface area (Å²) < 4.78 is 0. The fourth-order valence-corrected chi connectivity index (χ4v) is 2.88. The van der Waals surface area contributed by atoms with E-state index in [1.165, 1.54) is 6.92 Å². The Morgan fingerprint density at radius 1 is 1.43 bits per heavy atom. The van der Waals surface area contributed by atoms with Gasteiger partial charge in [0.15, 0.2) is 5.78 Å². The van der Waals surface area contributed by atoms with Gasteiger partial charge in [-0.3, -0.25) is 14.5 Å². The first kappa shape index (κ1) is 19.6. The Balaban J connectivity index is 0.00000264. The Kier molecular flexibility index (Phi) is 7.68. The van der Waals surface area contributed by atoms with Gasteiger partial charge in [-0.2, -0.15) is 0 Å². The summed E-state index contributed by atoms with van der Waals surface area (Å²) in [7, 11) is 0. The van der Waals surface area contributed by atoms with Gasteiger partial charge in [-0.15, -0.1) is 12.4 Å². The number of carbonyl (C=O) groups excluding carboxylic acids is 2. The van der Waals surface area contributed by atoms with Crippen LogP contribution in [0.15, 0.2) is 24.3 Å². The highest BCUT2D eigenvalue weighted by Crippen LogP contribution is 2.18. The number of Topliss-reactive ketones (excluding diaryl/α,β-unsaturated/α-hetero) is 1. The van der Waals surface area contributed by atoms with Crippen LogP contribution in [0.25, 0.3) is 0 Å². The zero-order chi connectivity index (χ0) is 16.1. The lowest BCUT2D eigenvalue weighted by atomic mass is 9.92. The molecular weight excluding hydrogens is 314 g/mol. The molecule has 0 saturated carbocycles. The Hall–Kier alpha value is -1.43. The lowest BCUT2D eigenvalue weighted by molar-refractivity contribution is -0.117. The lowest BCUT2D eigenvalue weighted by Crippen LogP contribution is -2.45. The molecule has 0 spiro atoms. The molecule has 1 aliphatic rings. The quantitative estimate of drug-likeness (QED) is 0.807. The number of nitrogens with zero attached hydrogens (tertiary/aromatic N) is 1. The van der Waals surface area contributed by atoms with Crippen LogP contribution in [-0.2, 0) is 4.79 Å². The summed E-state index contributed by atoms with van der Waals surface area (Å²) in [6.45, 7) is 5.72. The van der Waals surface area contributed by atoms with Crippen molar-refractivity contribution in [2.24, 2.45) is 11.7 Å². The first-order valence-electron chi connectivity index (χ1n) is 7.84. The molecule has 23 heavy (non-hydrogen) atoms. The van der Waals surface area contributed by atoms with Gasteiger partial charge in [-0.1, -0.05) is 12.1 Å². The Morgan fingerprint density at radius 3 is 2.83 bits per heavy atom. The molecule has 2 rings (SSSR count). The molecule has 5 nitrogen and oxygen atoms in total. The minimum Gasteiger partial charge on any atom is -0.328 e. The molecule has 1 heterocycles. The average Bonchev–Trinajstić information content (AvgIpc) is 2.47. The smallest absolute Gasteiger partial charge is 0.238 e. The van der Waals surface area contributed by atoms with Crippen LogP contribution in [0.5, 0.6) is 0 Å². The Morgan fingerprint density at radius 2 is 2.17 bits per heavy atom. The third-order valence-electron chi connectivity index (χ3n) is 4.21. The number of halogens is 1. The van der Waals surface area contributed by atoms with Crippen molar-refractivity contribution >= 4 is 29.8 Å². The van der Waals surface area contributed by atoms with Crippen molar-refractivity contribution in [1.82, 2.24) is 4.90 Å². The van der Waals surface area contributed by atoms with E-state index in [4.69, 9.17) is 5.73 Å². The summed E-state index contributed by atoms with van der Waals surface area (Å²) in [4.78, 5) is 25.7. The summed E-state index contributed by atoms with van der Waals surface area (Å²) in [5.74, 6) is 0.403. The highest BCUT2D eigenvalue weighted by molar-refractivity contribution is 5.97. The maximum Gasteiger partial charge on any atom is 0.238 e. The Labute approximate surface area is 144 Å². The van der Waals surface area contributed by atoms with Gasteiger partial charge in [-0.25, -0.2) is 0 Å². The normalized spacial score (nSPS) is 19.5. The molecule has 2 unspecified atom stereocenters. The van der Waals surface area contributed by atoms with Crippen LogP contribution in [0, 0.1) is 5.92 Å². The van der Waals surface area contributed by atoms with E-state index in [-0.39, 0.29) is 30.1 Å². The fraction of sp³-hybridized carbons (Fsp3) is 0.529. The number of likely N-dealkylation sites (tertiary alicyclic amines) is 1. The maximum atomic E-state index is 12.2. The molecule has 1 fully saturated rings. The van der Waals surface area contributed by atoms with Gasteiger partial charge in [0.1, 0.15) is 0 Å². The monoisotopic (exact) mass is 339 g/mol. The van der Waals surface area contributed by atoms with Crippen LogP contribution in [0.2, 0.25) is 0 Å². The van der Waals surface area contributed by atoms with E-state index in [0.717, 1.165) is 25.9 Å². The van der Waals surface area contributed by atoms with Crippen LogP contribution >= 0.6 is 12.4 Å². The van der Waals surface area contributed by atoms with Gasteiger partial charge in [0.2, 0.25) is 5.91 Å². The molecule has 1 aromatic carbocycles. The predicted octanol–water partition coefficient (Wildman–Crippen LogP) is 2.31. The Bertz CT molecular complexity index is 548. The SMILES string of the molecule is CC(=O)c1cccc(NC(=O)CN2CCCC(C(C)N)C2)c1.Cl. The molecule has 1 saturated heterocycles. The number of nitrogens with two attached hydrogens (primary N) is 1. The number of ketones is 1. The molecule has 2 atom stereocenters. The number of piperidine rings is 1. The van der Waals surface area contributed by atoms with Gasteiger partial charge in [-0.05, 0) is 51.3 Å². The molecule has 0 aliphatic carbocycles. The van der Waals surface area contributed by atoms with Crippen molar-refractivity contribution < 1.29 is 9.59 Å². The lowest BCUT2D eigenvalue weighted by Gasteiger charge is -2.34. The predicted molar refractivity (Wildman–Crippen MR) is 95.1 cm³/mol. The molecule has 1 aliphatic heterocycles. The van der Waals surface area contributed by atoms with E-state index in [2.05, 4.69) is 10.2 Å². The highest BCUT2D eigenvalue weighted by Gasteiger charge is 2.23. The summed E-state index contributed by atoms with van der Waals surface area (Å²) in [5.41, 5.74) is 7.24. The number of benzene rings is 1. The zero-order valence-corrected chi connectivity index (χ0v) is 14.6. The largest absolute Gasteiger partial charge is 0.328 e. The molecule has 0 aromatic heterocycles. The second-order valence-electron chi connectivity index (χ2n) is 6.18. The molecule has 3 N–H and O–H groups in total. The van der Waals surface area contributed by atoms with Crippen LogP contribution in [-0.4, -0.2) is 42.3 Å². The van der Waals surface area contributed by atoms with Crippen molar-refractivity contribution in [2.45, 2.75) is 32.7 Å². The van der Waals surface area contributed by atoms with Gasteiger partial charge >= 0.3 is 0 Å². The number of hydrogen-bond acceptors (Lipinski definition) is 4. The molecule has 0 radical (unpaired) electrons. The molecule has 0 bridgehead atoms. The van der Waals surface area contributed by atoms with Crippen molar-refractivity contribution in [3.05, 3.63) is 29.8 Å². The van der Waals surface area contributed by atoms with E-state index >= 15 is 0 Å². The average molecular weight is 340 g/mol. The minimum absolute atomic E-state index is 0. The van der Waals surface area contributed by atoms with Crippen LogP contribution in [0.1, 0.15) is 37.0 Å². The third-order valence-corrected chi connectivity index (χ3v) is 4.21. The molecule has 1 amide bonds. The second kappa shape index (κ2) is 9.01. The number of amides is 1. The van der Waals surface area contributed by atoms with Crippen molar-refractivity contribution in [3.8, 4) is 0 Å². The summed E-state index contributed by atoms with van der Waals surface area (Å²) >= 11 is 0. The van der Waals surface area contributed by atoms with E-state index in [0.29, 0.717) is 23.7 Å². The summed E-state index contributed by atoms with van der Waals surface area (Å²) in [6.07, 6.45) is 2.22. The fourth-order valence-electron chi connectivity index (χ4n) is 2.88. The maximum absolute atomic E-state index is 12.2. The minimum atomic E-state index is -0.0500. The van der Waals surface area contributed by atoms with Gasteiger partial charge in [0.05, 0.1) is 6.54 Å². The molecule has 128 valence electrons. The first-order valence-corrected chi connectivity index (χ1v) is 7.84. The number of anilines is 1. The van der Waals surface area contributed by atoms with Crippen LogP contribution in [0.3, 0.4) is 0 Å². The van der Waals surface area contributed by atoms with Crippen LogP contribution in [0.4, 0.5) is 5.69 Å². The van der Waals surface area contributed by atoms with Crippen molar-refractivity contribution in [3.63, 3.8) is 0 Å². The highest BCUT2D eigenvalue weighted by atomic mass is 35.5. The summed E-state index contributed by atoms with van der Waals surface area (Å²) in [5, 5.41) is 2.86. The number of carbonyl (C=O) groups is 2. The number of nitrogens with one attached hydrogen (secondary N) is 1. The zero-order valence-electron chi connectivity index (χ0n) is 13.7. The molecule has 6 heteroatoms. The van der Waals surface area contributed by atoms with E-state index in [1.807, 2.05) is 6.92 Å². The number of rotatable bonds is 5. The topological polar surface area (TPSA) is 75.4 Å². The molecule has 1 aromatic rings. The summed E-state index contributed by atoms with van der Waals surface area (Å²) in [6, 6.07) is 7.19. The van der Waals surface area contributed by atoms with Crippen molar-refractivity contribution in [1.29, 1.82) is 0 Å². The van der Waals surface area contributed by atoms with Gasteiger partial charge in [0.25, 0.3) is 0 Å². The van der Waals surface area contributed by atoms with E-state index < -0.39 is 0 Å². The van der Waals surface area contributed by atoms with E-state index in [1.54, 1.807) is 24.3 Å².